The summed E-state index contributed by atoms with van der Waals surface area (Å²) >= 11 is 0. The third-order valence-electron chi connectivity index (χ3n) is 2.27. The van der Waals surface area contributed by atoms with Gasteiger partial charge >= 0.3 is 0 Å². The van der Waals surface area contributed by atoms with Crippen LogP contribution in [0.5, 0.6) is 0 Å². The molecular formula is C9H12O2. The number of carbonyl (C=O) groups is 2. The zero-order valence-electron chi connectivity index (χ0n) is 6.45. The molecule has 1 aliphatic carbocycles. The molecule has 11 heavy (non-hydrogen) atoms. The molecule has 0 spiro atoms. The van der Waals surface area contributed by atoms with Gasteiger partial charge in [-0.3, -0.25) is 0 Å². The topological polar surface area (TPSA) is 34.1 Å². The Bertz CT molecular complexity index is 184. The highest BCUT2D eigenvalue weighted by Crippen LogP contribution is 2.29. The van der Waals surface area contributed by atoms with Crippen LogP contribution in [-0.2, 0) is 9.59 Å². The quantitative estimate of drug-likeness (QED) is 0.442. The molecule has 1 saturated carbocycles. The molecule has 0 aromatic heterocycles. The van der Waals surface area contributed by atoms with Gasteiger partial charge in [-0.2, -0.15) is 0 Å². The van der Waals surface area contributed by atoms with Crippen LogP contribution in [0.15, 0.2) is 12.2 Å². The fraction of sp³-hybridized carbons (Fsp3) is 0.556. The minimum absolute atomic E-state index is 0.0704. The van der Waals surface area contributed by atoms with Gasteiger partial charge in [-0.05, 0) is 19.3 Å². The van der Waals surface area contributed by atoms with Gasteiger partial charge in [0, 0.05) is 11.8 Å². The van der Waals surface area contributed by atoms with Crippen LogP contribution in [-0.4, -0.2) is 12.6 Å². The Morgan fingerprint density at radius 2 is 2.09 bits per heavy atom. The fourth-order valence-corrected chi connectivity index (χ4v) is 1.44. The van der Waals surface area contributed by atoms with E-state index >= 15 is 0 Å². The minimum Gasteiger partial charge on any atom is -0.303 e. The molecule has 1 aliphatic rings. The average Bonchev–Trinajstić information content (AvgIpc) is 2.05. The van der Waals surface area contributed by atoms with Gasteiger partial charge in [0.05, 0.1) is 0 Å². The monoisotopic (exact) mass is 152 g/mol. The van der Waals surface area contributed by atoms with Crippen molar-refractivity contribution >= 4 is 12.6 Å². The molecular weight excluding hydrogens is 140 g/mol. The largest absolute Gasteiger partial charge is 0.303 e. The van der Waals surface area contributed by atoms with Crippen LogP contribution in [0.25, 0.3) is 0 Å². The Morgan fingerprint density at radius 3 is 2.64 bits per heavy atom. The van der Waals surface area contributed by atoms with E-state index in [9.17, 15) is 9.59 Å². The molecule has 0 bridgehead atoms. The molecule has 0 aliphatic heterocycles. The van der Waals surface area contributed by atoms with Crippen molar-refractivity contribution in [3.8, 4) is 0 Å². The highest BCUT2D eigenvalue weighted by atomic mass is 16.1. The first-order chi connectivity index (χ1) is 5.27. The van der Waals surface area contributed by atoms with E-state index in [0.29, 0.717) is 6.42 Å². The normalized spacial score (nSPS) is 31.5. The second-order valence-electron chi connectivity index (χ2n) is 3.07. The third-order valence-corrected chi connectivity index (χ3v) is 2.27. The van der Waals surface area contributed by atoms with Crippen molar-refractivity contribution < 1.29 is 9.59 Å². The molecule has 2 nitrogen and oxygen atoms in total. The lowest BCUT2D eigenvalue weighted by molar-refractivity contribution is -0.114. The van der Waals surface area contributed by atoms with Gasteiger partial charge in [-0.15, -0.1) is 0 Å². The number of aldehydes is 2. The van der Waals surface area contributed by atoms with E-state index in [2.05, 4.69) is 6.58 Å². The van der Waals surface area contributed by atoms with E-state index in [1.165, 1.54) is 0 Å². The summed E-state index contributed by atoms with van der Waals surface area (Å²) in [5, 5.41) is 0. The summed E-state index contributed by atoms with van der Waals surface area (Å²) in [4.78, 5) is 20.8. The zero-order valence-corrected chi connectivity index (χ0v) is 6.45. The Balaban J connectivity index is 2.57. The smallest absolute Gasteiger partial charge is 0.127 e. The second-order valence-corrected chi connectivity index (χ2v) is 3.07. The van der Waals surface area contributed by atoms with Gasteiger partial charge < -0.3 is 9.59 Å². The number of hydrogen-bond donors (Lipinski definition) is 0. The molecule has 0 N–H and O–H groups in total. The number of allylic oxidation sites excluding steroid dienone is 1. The SMILES string of the molecule is C=C1CCC(C=O)CC1C=O. The summed E-state index contributed by atoms with van der Waals surface area (Å²) in [6.45, 7) is 3.79. The van der Waals surface area contributed by atoms with Crippen molar-refractivity contribution in [1.29, 1.82) is 0 Å². The van der Waals surface area contributed by atoms with Crippen molar-refractivity contribution in [2.24, 2.45) is 11.8 Å². The van der Waals surface area contributed by atoms with Crippen molar-refractivity contribution in [1.82, 2.24) is 0 Å². The molecule has 60 valence electrons. The molecule has 2 atom stereocenters. The van der Waals surface area contributed by atoms with E-state index in [0.717, 1.165) is 31.0 Å². The van der Waals surface area contributed by atoms with Crippen LogP contribution in [0.3, 0.4) is 0 Å². The van der Waals surface area contributed by atoms with Crippen LogP contribution >= 0.6 is 0 Å². The second kappa shape index (κ2) is 3.46. The molecule has 0 saturated heterocycles. The summed E-state index contributed by atoms with van der Waals surface area (Å²) in [5.41, 5.74) is 0.984. The van der Waals surface area contributed by atoms with Gasteiger partial charge in [-0.25, -0.2) is 0 Å². The molecule has 2 heteroatoms. The molecule has 1 rings (SSSR count). The van der Waals surface area contributed by atoms with Crippen molar-refractivity contribution in [3.63, 3.8) is 0 Å². The Kier molecular flexibility index (Phi) is 2.58. The Hall–Kier alpha value is -0.920. The highest BCUT2D eigenvalue weighted by molar-refractivity contribution is 5.62. The predicted octanol–water partition coefficient (Wildman–Crippen LogP) is 1.36. The molecule has 2 unspecified atom stereocenters. The molecule has 0 aromatic rings. The van der Waals surface area contributed by atoms with E-state index in [4.69, 9.17) is 0 Å². The minimum atomic E-state index is -0.0704. The summed E-state index contributed by atoms with van der Waals surface area (Å²) in [5.74, 6) is 0.00894. The molecule has 0 aromatic carbocycles. The maximum atomic E-state index is 10.5. The summed E-state index contributed by atoms with van der Waals surface area (Å²) in [6.07, 6.45) is 4.21. The fourth-order valence-electron chi connectivity index (χ4n) is 1.44. The van der Waals surface area contributed by atoms with Gasteiger partial charge in [0.15, 0.2) is 0 Å². The van der Waals surface area contributed by atoms with Crippen LogP contribution in [0.4, 0.5) is 0 Å². The summed E-state index contributed by atoms with van der Waals surface area (Å²) in [6, 6.07) is 0. The molecule has 0 amide bonds. The number of hydrogen-bond acceptors (Lipinski definition) is 2. The van der Waals surface area contributed by atoms with Crippen LogP contribution in [0.1, 0.15) is 19.3 Å². The van der Waals surface area contributed by atoms with E-state index in [1.54, 1.807) is 0 Å². The van der Waals surface area contributed by atoms with Crippen molar-refractivity contribution in [3.05, 3.63) is 12.2 Å². The lowest BCUT2D eigenvalue weighted by Crippen LogP contribution is -2.19. The summed E-state index contributed by atoms with van der Waals surface area (Å²) in [7, 11) is 0. The van der Waals surface area contributed by atoms with Crippen LogP contribution in [0.2, 0.25) is 0 Å². The van der Waals surface area contributed by atoms with Gasteiger partial charge in [-0.1, -0.05) is 12.2 Å². The Morgan fingerprint density at radius 1 is 1.36 bits per heavy atom. The van der Waals surface area contributed by atoms with Crippen LogP contribution in [0, 0.1) is 11.8 Å². The van der Waals surface area contributed by atoms with Crippen LogP contribution < -0.4 is 0 Å². The lowest BCUT2D eigenvalue weighted by Gasteiger charge is -2.23. The van der Waals surface area contributed by atoms with Gasteiger partial charge in [0.2, 0.25) is 0 Å². The van der Waals surface area contributed by atoms with E-state index < -0.39 is 0 Å². The predicted molar refractivity (Wildman–Crippen MR) is 42.1 cm³/mol. The third kappa shape index (κ3) is 1.76. The first-order valence-corrected chi connectivity index (χ1v) is 3.86. The number of rotatable bonds is 2. The molecule has 0 heterocycles. The zero-order chi connectivity index (χ0) is 8.27. The highest BCUT2D eigenvalue weighted by Gasteiger charge is 2.23. The summed E-state index contributed by atoms with van der Waals surface area (Å²) < 4.78 is 0. The van der Waals surface area contributed by atoms with Crippen molar-refractivity contribution in [2.45, 2.75) is 19.3 Å². The van der Waals surface area contributed by atoms with E-state index in [1.807, 2.05) is 0 Å². The first kappa shape index (κ1) is 8.18. The first-order valence-electron chi connectivity index (χ1n) is 3.86. The Labute approximate surface area is 66.3 Å². The lowest BCUT2D eigenvalue weighted by atomic mass is 9.80. The standard InChI is InChI=1S/C9H12O2/c1-7-2-3-8(5-10)4-9(7)6-11/h5-6,8-9H,1-4H2. The maximum absolute atomic E-state index is 10.5. The van der Waals surface area contributed by atoms with E-state index in [-0.39, 0.29) is 11.8 Å². The van der Waals surface area contributed by atoms with Gasteiger partial charge in [0.1, 0.15) is 12.6 Å². The molecule has 1 fully saturated rings. The van der Waals surface area contributed by atoms with Gasteiger partial charge in [0.25, 0.3) is 0 Å². The maximum Gasteiger partial charge on any atom is 0.127 e. The van der Waals surface area contributed by atoms with Crippen molar-refractivity contribution in [2.75, 3.05) is 0 Å². The molecule has 0 radical (unpaired) electrons. The number of carbonyl (C=O) groups excluding carboxylic acids is 2. The average molecular weight is 152 g/mol.